The van der Waals surface area contributed by atoms with Crippen LogP contribution >= 0.6 is 12.4 Å². The van der Waals surface area contributed by atoms with Crippen molar-refractivity contribution in [1.29, 1.82) is 0 Å². The van der Waals surface area contributed by atoms with Crippen LogP contribution in [-0.2, 0) is 14.8 Å². The van der Waals surface area contributed by atoms with Crippen molar-refractivity contribution in [2.75, 3.05) is 29.4 Å². The van der Waals surface area contributed by atoms with Gasteiger partial charge in [0.25, 0.3) is 0 Å². The molecule has 1 heterocycles. The first-order valence-electron chi connectivity index (χ1n) is 6.49. The Bertz CT molecular complexity index is 660. The number of carbonyl (C=O) groups is 1. The summed E-state index contributed by atoms with van der Waals surface area (Å²) in [6, 6.07) is 3.77. The van der Waals surface area contributed by atoms with E-state index in [1.807, 2.05) is 6.92 Å². The monoisotopic (exact) mass is 351 g/mol. The molecule has 0 aliphatic carbocycles. The second-order valence-electron chi connectivity index (χ2n) is 5.51. The molecule has 1 fully saturated rings. The third kappa shape index (κ3) is 4.56. The molecule has 1 aromatic carbocycles. The smallest absolute Gasteiger partial charge is 0.231 e. The minimum atomic E-state index is -3.59. The van der Waals surface area contributed by atoms with Crippen LogP contribution < -0.4 is 15.4 Å². The minimum absolute atomic E-state index is 0. The maximum absolute atomic E-state index is 13.6. The molecule has 0 radical (unpaired) electrons. The Kier molecular flexibility index (Phi) is 5.77. The first-order chi connectivity index (χ1) is 9.70. The van der Waals surface area contributed by atoms with Crippen LogP contribution in [0.3, 0.4) is 0 Å². The molecule has 0 aromatic heterocycles. The lowest BCUT2D eigenvalue weighted by Crippen LogP contribution is -2.35. The number of benzene rings is 1. The highest BCUT2D eigenvalue weighted by atomic mass is 35.5. The summed E-state index contributed by atoms with van der Waals surface area (Å²) >= 11 is 0. The van der Waals surface area contributed by atoms with E-state index in [1.54, 1.807) is 0 Å². The zero-order valence-corrected chi connectivity index (χ0v) is 13.9. The van der Waals surface area contributed by atoms with Gasteiger partial charge >= 0.3 is 0 Å². The Labute approximate surface area is 135 Å². The highest BCUT2D eigenvalue weighted by Gasteiger charge is 2.36. The zero-order valence-electron chi connectivity index (χ0n) is 12.3. The van der Waals surface area contributed by atoms with E-state index < -0.39 is 21.3 Å². The van der Waals surface area contributed by atoms with Crippen molar-refractivity contribution in [3.8, 4) is 0 Å². The SMILES string of the molecule is CC1(C(=O)Nc2ccc(F)c(NS(C)(=O)=O)c2)CCNC1.Cl. The van der Waals surface area contributed by atoms with Crippen LogP contribution in [0.15, 0.2) is 18.2 Å². The first kappa shape index (κ1) is 18.7. The van der Waals surface area contributed by atoms with Crippen molar-refractivity contribution in [2.24, 2.45) is 5.41 Å². The van der Waals surface area contributed by atoms with Crippen LogP contribution in [0.5, 0.6) is 0 Å². The summed E-state index contributed by atoms with van der Waals surface area (Å²) in [7, 11) is -3.59. The van der Waals surface area contributed by atoms with Gasteiger partial charge in [-0.25, -0.2) is 12.8 Å². The Hall–Kier alpha value is -1.38. The molecule has 3 N–H and O–H groups in total. The van der Waals surface area contributed by atoms with E-state index in [4.69, 9.17) is 0 Å². The molecule has 9 heteroatoms. The molecule has 1 aliphatic heterocycles. The van der Waals surface area contributed by atoms with Gasteiger partial charge in [-0.15, -0.1) is 12.4 Å². The Morgan fingerprint density at radius 2 is 2.09 bits per heavy atom. The lowest BCUT2D eigenvalue weighted by atomic mass is 9.89. The molecule has 0 spiro atoms. The number of halogens is 2. The fourth-order valence-corrected chi connectivity index (χ4v) is 2.73. The third-order valence-electron chi connectivity index (χ3n) is 3.44. The lowest BCUT2D eigenvalue weighted by Gasteiger charge is -2.21. The standard InChI is InChI=1S/C13H18FN3O3S.ClH/c1-13(5-6-15-8-13)12(18)16-9-3-4-10(14)11(7-9)17-21(2,19)20;/h3-4,7,15,17H,5-6,8H2,1-2H3,(H,16,18);1H. The molecule has 1 amide bonds. The summed E-state index contributed by atoms with van der Waals surface area (Å²) in [5.41, 5.74) is -0.357. The molecule has 0 bridgehead atoms. The average Bonchev–Trinajstić information content (AvgIpc) is 2.80. The predicted molar refractivity (Wildman–Crippen MR) is 86.3 cm³/mol. The summed E-state index contributed by atoms with van der Waals surface area (Å²) in [5.74, 6) is -0.878. The second kappa shape index (κ2) is 6.80. The molecular formula is C13H19ClFN3O3S. The van der Waals surface area contributed by atoms with Gasteiger partial charge in [0.2, 0.25) is 15.9 Å². The summed E-state index contributed by atoms with van der Waals surface area (Å²) in [6.07, 6.45) is 1.65. The van der Waals surface area contributed by atoms with Crippen LogP contribution in [0, 0.1) is 11.2 Å². The topological polar surface area (TPSA) is 87.3 Å². The summed E-state index contributed by atoms with van der Waals surface area (Å²) in [6.45, 7) is 3.20. The van der Waals surface area contributed by atoms with Gasteiger partial charge in [-0.05, 0) is 38.1 Å². The predicted octanol–water partition coefficient (Wildman–Crippen LogP) is 1.56. The van der Waals surface area contributed by atoms with Gasteiger partial charge in [0.05, 0.1) is 17.4 Å². The third-order valence-corrected chi connectivity index (χ3v) is 4.03. The van der Waals surface area contributed by atoms with Crippen molar-refractivity contribution >= 4 is 39.7 Å². The second-order valence-corrected chi connectivity index (χ2v) is 7.26. The first-order valence-corrected chi connectivity index (χ1v) is 8.38. The molecule has 1 saturated heterocycles. The molecule has 1 atom stereocenters. The zero-order chi connectivity index (χ0) is 15.7. The summed E-state index contributed by atoms with van der Waals surface area (Å²) < 4.78 is 38.0. The number of rotatable bonds is 4. The molecule has 1 unspecified atom stereocenters. The van der Waals surface area contributed by atoms with Crippen LogP contribution in [0.2, 0.25) is 0 Å². The van der Waals surface area contributed by atoms with Gasteiger partial charge in [-0.1, -0.05) is 0 Å². The van der Waals surface area contributed by atoms with Crippen molar-refractivity contribution in [3.05, 3.63) is 24.0 Å². The van der Waals surface area contributed by atoms with Crippen LogP contribution in [0.1, 0.15) is 13.3 Å². The van der Waals surface area contributed by atoms with Crippen LogP contribution in [-0.4, -0.2) is 33.7 Å². The number of amides is 1. The van der Waals surface area contributed by atoms with Crippen molar-refractivity contribution in [2.45, 2.75) is 13.3 Å². The quantitative estimate of drug-likeness (QED) is 0.768. The fraction of sp³-hybridized carbons (Fsp3) is 0.462. The molecule has 22 heavy (non-hydrogen) atoms. The normalized spacial score (nSPS) is 21.0. The van der Waals surface area contributed by atoms with Crippen molar-refractivity contribution in [3.63, 3.8) is 0 Å². The summed E-state index contributed by atoms with van der Waals surface area (Å²) in [4.78, 5) is 12.2. The Balaban J connectivity index is 0.00000242. The maximum atomic E-state index is 13.6. The van der Waals surface area contributed by atoms with Gasteiger partial charge in [-0.3, -0.25) is 9.52 Å². The van der Waals surface area contributed by atoms with Gasteiger partial charge in [0.15, 0.2) is 0 Å². The van der Waals surface area contributed by atoms with Gasteiger partial charge in [0, 0.05) is 12.2 Å². The number of hydrogen-bond donors (Lipinski definition) is 3. The maximum Gasteiger partial charge on any atom is 0.231 e. The molecule has 1 aliphatic rings. The number of sulfonamides is 1. The number of anilines is 2. The highest BCUT2D eigenvalue weighted by Crippen LogP contribution is 2.27. The molecule has 124 valence electrons. The van der Waals surface area contributed by atoms with E-state index in [2.05, 4.69) is 15.4 Å². The number of nitrogens with one attached hydrogen (secondary N) is 3. The van der Waals surface area contributed by atoms with E-state index in [1.165, 1.54) is 12.1 Å². The number of hydrogen-bond acceptors (Lipinski definition) is 4. The summed E-state index contributed by atoms with van der Waals surface area (Å²) in [5, 5.41) is 5.82. The van der Waals surface area contributed by atoms with Crippen LogP contribution in [0.4, 0.5) is 15.8 Å². The molecule has 1 aromatic rings. The van der Waals surface area contributed by atoms with Gasteiger partial charge < -0.3 is 10.6 Å². The Morgan fingerprint density at radius 3 is 2.64 bits per heavy atom. The van der Waals surface area contributed by atoms with Gasteiger partial charge in [0.1, 0.15) is 5.82 Å². The largest absolute Gasteiger partial charge is 0.325 e. The lowest BCUT2D eigenvalue weighted by molar-refractivity contribution is -0.123. The van der Waals surface area contributed by atoms with Crippen molar-refractivity contribution < 1.29 is 17.6 Å². The molecular weight excluding hydrogens is 333 g/mol. The fourth-order valence-electron chi connectivity index (χ4n) is 2.17. The van der Waals surface area contributed by atoms with E-state index in [-0.39, 0.29) is 24.0 Å². The molecule has 0 saturated carbocycles. The van der Waals surface area contributed by atoms with E-state index >= 15 is 0 Å². The van der Waals surface area contributed by atoms with E-state index in [0.717, 1.165) is 18.9 Å². The van der Waals surface area contributed by atoms with E-state index in [0.29, 0.717) is 18.7 Å². The minimum Gasteiger partial charge on any atom is -0.325 e. The average molecular weight is 352 g/mol. The number of carbonyl (C=O) groups excluding carboxylic acids is 1. The molecule has 6 nitrogen and oxygen atoms in total. The highest BCUT2D eigenvalue weighted by molar-refractivity contribution is 7.92. The molecule has 2 rings (SSSR count). The Morgan fingerprint density at radius 1 is 1.41 bits per heavy atom. The van der Waals surface area contributed by atoms with E-state index in [9.17, 15) is 17.6 Å². The van der Waals surface area contributed by atoms with Crippen LogP contribution in [0.25, 0.3) is 0 Å². The van der Waals surface area contributed by atoms with Crippen molar-refractivity contribution in [1.82, 2.24) is 5.32 Å². The van der Waals surface area contributed by atoms with Gasteiger partial charge in [-0.2, -0.15) is 0 Å².